The number of methoxy groups -OCH3 is 1. The fraction of sp³-hybridized carbons (Fsp3) is 0.778. The van der Waals surface area contributed by atoms with E-state index in [-0.39, 0.29) is 29.9 Å². The largest absolute Gasteiger partial charge is 0.383 e. The molecule has 1 aliphatic heterocycles. The van der Waals surface area contributed by atoms with Gasteiger partial charge in [-0.05, 0) is 6.92 Å². The second kappa shape index (κ2) is 14.5. The highest BCUT2D eigenvalue weighted by atomic mass is 127. The molecule has 1 saturated heterocycles. The average molecular weight is 522 g/mol. The Morgan fingerprint density at radius 3 is 2.66 bits per heavy atom. The Bertz CT molecular complexity index is 617. The molecule has 0 bridgehead atoms. The number of aromatic nitrogens is 3. The van der Waals surface area contributed by atoms with Gasteiger partial charge < -0.3 is 24.8 Å². The number of piperazine rings is 1. The molecule has 0 atom stereocenters. The molecule has 0 saturated carbocycles. The van der Waals surface area contributed by atoms with Gasteiger partial charge in [0.05, 0.1) is 19.7 Å². The standard InChI is InChI=1S/C18H34N8O2.HI/c1-4-16-23-22-15-26(16)8-6-21-18(19-5-2)25-11-9-24(10-12-25)14-17(27)20-7-13-28-3;/h15H,4-14H2,1-3H3,(H,19,21)(H,20,27);1H. The van der Waals surface area contributed by atoms with Crippen LogP contribution in [0.4, 0.5) is 0 Å². The van der Waals surface area contributed by atoms with Gasteiger partial charge in [-0.15, -0.1) is 34.2 Å². The molecule has 2 N–H and O–H groups in total. The highest BCUT2D eigenvalue weighted by Gasteiger charge is 2.21. The Hall–Kier alpha value is -1.47. The SMILES string of the molecule is CCNC(=NCCn1cnnc1CC)N1CCN(CC(=O)NCCOC)CC1.I. The van der Waals surface area contributed by atoms with Crippen molar-refractivity contribution in [2.75, 3.05) is 66.1 Å². The number of carbonyl (C=O) groups excluding carboxylic acids is 1. The molecular weight excluding hydrogens is 487 g/mol. The molecule has 29 heavy (non-hydrogen) atoms. The number of aryl methyl sites for hydroxylation is 1. The van der Waals surface area contributed by atoms with Crippen LogP contribution in [-0.4, -0.2) is 103 Å². The van der Waals surface area contributed by atoms with Gasteiger partial charge in [0.15, 0.2) is 5.96 Å². The van der Waals surface area contributed by atoms with Crippen molar-refractivity contribution in [3.63, 3.8) is 0 Å². The van der Waals surface area contributed by atoms with Crippen LogP contribution in [0, 0.1) is 0 Å². The maximum atomic E-state index is 11.9. The molecule has 2 heterocycles. The number of amides is 1. The van der Waals surface area contributed by atoms with Crippen LogP contribution < -0.4 is 10.6 Å². The van der Waals surface area contributed by atoms with Crippen LogP contribution in [0.1, 0.15) is 19.7 Å². The predicted octanol–water partition coefficient (Wildman–Crippen LogP) is -0.196. The summed E-state index contributed by atoms with van der Waals surface area (Å²) in [5.41, 5.74) is 0. The highest BCUT2D eigenvalue weighted by Crippen LogP contribution is 2.03. The summed E-state index contributed by atoms with van der Waals surface area (Å²) in [6.07, 6.45) is 2.63. The first-order valence-electron chi connectivity index (χ1n) is 10.1. The molecule has 1 aromatic heterocycles. The lowest BCUT2D eigenvalue weighted by Gasteiger charge is -2.36. The van der Waals surface area contributed by atoms with Crippen LogP contribution in [0.25, 0.3) is 0 Å². The Morgan fingerprint density at radius 2 is 2.00 bits per heavy atom. The van der Waals surface area contributed by atoms with Gasteiger partial charge in [-0.25, -0.2) is 0 Å². The maximum absolute atomic E-state index is 11.9. The van der Waals surface area contributed by atoms with Crippen molar-refractivity contribution in [1.29, 1.82) is 0 Å². The summed E-state index contributed by atoms with van der Waals surface area (Å²) in [6.45, 7) is 11.3. The third-order valence-electron chi connectivity index (χ3n) is 4.62. The van der Waals surface area contributed by atoms with Gasteiger partial charge >= 0.3 is 0 Å². The number of rotatable bonds is 10. The third kappa shape index (κ3) is 8.83. The number of nitrogens with one attached hydrogen (secondary N) is 2. The fourth-order valence-corrected chi connectivity index (χ4v) is 3.10. The molecular formula is C18H35IN8O2. The summed E-state index contributed by atoms with van der Waals surface area (Å²) >= 11 is 0. The summed E-state index contributed by atoms with van der Waals surface area (Å²) in [5, 5.41) is 14.3. The van der Waals surface area contributed by atoms with Crippen molar-refractivity contribution in [2.24, 2.45) is 4.99 Å². The molecule has 1 amide bonds. The summed E-state index contributed by atoms with van der Waals surface area (Å²) in [6, 6.07) is 0. The zero-order valence-corrected chi connectivity index (χ0v) is 20.1. The van der Waals surface area contributed by atoms with Gasteiger partial charge in [0.1, 0.15) is 12.2 Å². The number of hydrogen-bond acceptors (Lipinski definition) is 6. The molecule has 1 aromatic rings. The first-order chi connectivity index (χ1) is 13.7. The van der Waals surface area contributed by atoms with E-state index in [2.05, 4.69) is 44.5 Å². The van der Waals surface area contributed by atoms with Crippen LogP contribution in [0.2, 0.25) is 0 Å². The van der Waals surface area contributed by atoms with Crippen molar-refractivity contribution >= 4 is 35.8 Å². The van der Waals surface area contributed by atoms with Gasteiger partial charge in [-0.1, -0.05) is 6.92 Å². The van der Waals surface area contributed by atoms with Crippen LogP contribution in [-0.2, 0) is 22.5 Å². The van der Waals surface area contributed by atoms with E-state index in [0.717, 1.165) is 57.5 Å². The van der Waals surface area contributed by atoms with Gasteiger partial charge in [0.2, 0.25) is 5.91 Å². The molecule has 2 rings (SSSR count). The third-order valence-corrected chi connectivity index (χ3v) is 4.62. The smallest absolute Gasteiger partial charge is 0.234 e. The summed E-state index contributed by atoms with van der Waals surface area (Å²) in [7, 11) is 1.63. The predicted molar refractivity (Wildman–Crippen MR) is 124 cm³/mol. The number of hydrogen-bond donors (Lipinski definition) is 2. The Kier molecular flexibility index (Phi) is 12.8. The van der Waals surface area contributed by atoms with Crippen molar-refractivity contribution in [1.82, 2.24) is 35.2 Å². The second-order valence-electron chi connectivity index (χ2n) is 6.64. The highest BCUT2D eigenvalue weighted by molar-refractivity contribution is 14.0. The summed E-state index contributed by atoms with van der Waals surface area (Å²) < 4.78 is 7.00. The minimum atomic E-state index is 0. The van der Waals surface area contributed by atoms with Crippen LogP contribution >= 0.6 is 24.0 Å². The van der Waals surface area contributed by atoms with Crippen molar-refractivity contribution in [3.8, 4) is 0 Å². The number of nitrogens with zero attached hydrogens (tertiary/aromatic N) is 6. The molecule has 10 nitrogen and oxygen atoms in total. The Labute approximate surface area is 190 Å². The van der Waals surface area contributed by atoms with E-state index in [1.165, 1.54) is 0 Å². The molecule has 166 valence electrons. The monoisotopic (exact) mass is 522 g/mol. The van der Waals surface area contributed by atoms with E-state index in [1.807, 2.05) is 4.57 Å². The molecule has 0 aliphatic carbocycles. The fourth-order valence-electron chi connectivity index (χ4n) is 3.10. The minimum absolute atomic E-state index is 0. The average Bonchev–Trinajstić information content (AvgIpc) is 3.16. The van der Waals surface area contributed by atoms with Crippen molar-refractivity contribution in [2.45, 2.75) is 26.8 Å². The van der Waals surface area contributed by atoms with E-state index in [1.54, 1.807) is 13.4 Å². The number of ether oxygens (including phenoxy) is 1. The number of halogens is 1. The topological polar surface area (TPSA) is 99.9 Å². The molecule has 1 fully saturated rings. The molecule has 0 spiro atoms. The Balaban J connectivity index is 0.00000420. The van der Waals surface area contributed by atoms with Gasteiger partial charge in [0.25, 0.3) is 0 Å². The van der Waals surface area contributed by atoms with E-state index in [0.29, 0.717) is 26.2 Å². The van der Waals surface area contributed by atoms with E-state index in [4.69, 9.17) is 9.73 Å². The second-order valence-corrected chi connectivity index (χ2v) is 6.64. The first-order valence-corrected chi connectivity index (χ1v) is 10.1. The van der Waals surface area contributed by atoms with Crippen LogP contribution in [0.15, 0.2) is 11.3 Å². The van der Waals surface area contributed by atoms with E-state index >= 15 is 0 Å². The molecule has 1 aliphatic rings. The van der Waals surface area contributed by atoms with Crippen LogP contribution in [0.5, 0.6) is 0 Å². The molecule has 0 unspecified atom stereocenters. The molecule has 0 radical (unpaired) electrons. The van der Waals surface area contributed by atoms with E-state index < -0.39 is 0 Å². The Morgan fingerprint density at radius 1 is 1.24 bits per heavy atom. The van der Waals surface area contributed by atoms with Crippen LogP contribution in [0.3, 0.4) is 0 Å². The number of aliphatic imine (C=N–C) groups is 1. The van der Waals surface area contributed by atoms with E-state index in [9.17, 15) is 4.79 Å². The molecule has 0 aromatic carbocycles. The first kappa shape index (κ1) is 25.6. The van der Waals surface area contributed by atoms with Gasteiger partial charge in [-0.2, -0.15) is 0 Å². The normalized spacial score (nSPS) is 15.1. The molecule has 11 heteroatoms. The lowest BCUT2D eigenvalue weighted by Crippen LogP contribution is -2.54. The van der Waals surface area contributed by atoms with Gasteiger partial charge in [-0.3, -0.25) is 14.7 Å². The maximum Gasteiger partial charge on any atom is 0.234 e. The quantitative estimate of drug-likeness (QED) is 0.190. The lowest BCUT2D eigenvalue weighted by molar-refractivity contribution is -0.122. The zero-order valence-electron chi connectivity index (χ0n) is 17.8. The minimum Gasteiger partial charge on any atom is -0.383 e. The van der Waals surface area contributed by atoms with Gasteiger partial charge in [0, 0.05) is 59.3 Å². The summed E-state index contributed by atoms with van der Waals surface area (Å²) in [5.74, 6) is 1.96. The van der Waals surface area contributed by atoms with Crippen molar-refractivity contribution < 1.29 is 9.53 Å². The van der Waals surface area contributed by atoms with Crippen molar-refractivity contribution in [3.05, 3.63) is 12.2 Å². The summed E-state index contributed by atoms with van der Waals surface area (Å²) in [4.78, 5) is 21.1. The number of carbonyl (C=O) groups is 1. The lowest BCUT2D eigenvalue weighted by atomic mass is 10.3. The zero-order chi connectivity index (χ0) is 20.2. The number of guanidine groups is 1.